The Balaban J connectivity index is 0.739. The summed E-state index contributed by atoms with van der Waals surface area (Å²) in [5.74, 6) is 1.63. The number of aromatic hydroxyl groups is 1. The van der Waals surface area contributed by atoms with Gasteiger partial charge < -0.3 is 44.6 Å². The molecule has 2 unspecified atom stereocenters. The van der Waals surface area contributed by atoms with E-state index in [1.165, 1.54) is 17.0 Å². The Morgan fingerprint density at radius 1 is 0.898 bits per heavy atom. The predicted molar refractivity (Wildman–Crippen MR) is 341 cm³/mol. The van der Waals surface area contributed by atoms with Crippen LogP contribution in [-0.4, -0.2) is 142 Å². The maximum absolute atomic E-state index is 17.7. The van der Waals surface area contributed by atoms with Crippen molar-refractivity contribution in [3.05, 3.63) is 101 Å². The molecule has 11 rings (SSSR count). The SMILES string of the molecule is Cc1ncsc1-c1ccc([C@H](C)NC(=O)[C@@H]2C[C@@H](O)CN2C(=O)[C@@H](c2cc(OCC3CCN(CCOc4nc(N5CC6CCC(C5)N6)c5cnc(-c6cc(O)cc7ccc(F)c(C#C[Si](C(C)C)(C(C)C)C(C)C)c67)c(F)c5n4)CC3)no2)C(C)C)cc1. The van der Waals surface area contributed by atoms with Gasteiger partial charge in [0.25, 0.3) is 5.88 Å². The van der Waals surface area contributed by atoms with Crippen LogP contribution in [0.15, 0.2) is 70.8 Å². The summed E-state index contributed by atoms with van der Waals surface area (Å²) in [5.41, 5.74) is 9.59. The number of amides is 2. The van der Waals surface area contributed by atoms with Gasteiger partial charge in [0, 0.05) is 67.9 Å². The maximum Gasteiger partial charge on any atom is 0.319 e. The average Bonchev–Trinajstić information content (AvgIpc) is 1.71. The molecule has 88 heavy (non-hydrogen) atoms. The molecule has 4 N–H and O–H groups in total. The van der Waals surface area contributed by atoms with E-state index in [2.05, 4.69) is 83.6 Å². The average molecular weight is 1240 g/mol. The number of hydrogen-bond acceptors (Lipinski definition) is 16. The molecule has 0 spiro atoms. The van der Waals surface area contributed by atoms with Gasteiger partial charge in [0.2, 0.25) is 11.8 Å². The summed E-state index contributed by atoms with van der Waals surface area (Å²) in [5, 5.41) is 34.2. The van der Waals surface area contributed by atoms with E-state index in [0.717, 1.165) is 60.5 Å². The fourth-order valence-electron chi connectivity index (χ4n) is 14.3. The highest BCUT2D eigenvalue weighted by Crippen LogP contribution is 2.43. The van der Waals surface area contributed by atoms with Gasteiger partial charge in [0.15, 0.2) is 11.6 Å². The molecule has 466 valence electrons. The minimum Gasteiger partial charge on any atom is -0.508 e. The standard InChI is InChI=1S/C67H82F2N10O7SSi/c1-37(2)58(66(83)79-34-50(81)29-55(79)65(82)72-41(9)44-11-13-45(14-12-44)63-42(10)71-36-87-63)56-30-57(76-86-56)85-35-43-19-22-77(23-20-43)24-25-84-67-74-62-53(64(75-67)78-32-47-16-17-48(33-78)73-47)31-70-61(60(62)69)52-28-49(80)27-46-15-18-54(68)51(59(46)52)21-26-88(38(3)4,39(5)6)40(7)8/h11-15,18,27-28,30-31,36-41,43,47-48,50,55,58,73,80-81H,16-17,19-20,22-25,29,32-35H2,1-10H3,(H,72,82)/t41-,47?,48?,50+,55-,58+/m0/s1. The number of phenols is 1. The van der Waals surface area contributed by atoms with Crippen molar-refractivity contribution in [1.29, 1.82) is 0 Å². The Bertz CT molecular complexity index is 3710. The van der Waals surface area contributed by atoms with Gasteiger partial charge in [-0.3, -0.25) is 19.5 Å². The lowest BCUT2D eigenvalue weighted by Crippen LogP contribution is -2.51. The Kier molecular flexibility index (Phi) is 18.6. The molecule has 4 fully saturated rings. The lowest BCUT2D eigenvalue weighted by molar-refractivity contribution is -0.141. The third-order valence-electron chi connectivity index (χ3n) is 18.9. The van der Waals surface area contributed by atoms with Crippen LogP contribution in [0.4, 0.5) is 14.6 Å². The number of carbonyl (C=O) groups excluding carboxylic acids is 2. The number of piperidine rings is 1. The van der Waals surface area contributed by atoms with E-state index in [1.54, 1.807) is 35.7 Å². The topological polar surface area (TPSA) is 204 Å². The van der Waals surface area contributed by atoms with Gasteiger partial charge in [-0.25, -0.2) is 13.8 Å². The van der Waals surface area contributed by atoms with E-state index < -0.39 is 37.8 Å². The lowest BCUT2D eigenvalue weighted by Gasteiger charge is -2.38. The second-order valence-electron chi connectivity index (χ2n) is 26.0. The van der Waals surface area contributed by atoms with Crippen LogP contribution in [0.2, 0.25) is 16.6 Å². The first-order valence-electron chi connectivity index (χ1n) is 31.3. The molecule has 0 saturated carbocycles. The first kappa shape index (κ1) is 62.5. The van der Waals surface area contributed by atoms with Gasteiger partial charge in [0.1, 0.15) is 55.2 Å². The van der Waals surface area contributed by atoms with Gasteiger partial charge in [-0.05, 0) is 121 Å². The fraction of sp³-hybridized carbons (Fsp3) is 0.507. The summed E-state index contributed by atoms with van der Waals surface area (Å²) >= 11 is 1.58. The number of rotatable bonds is 19. The number of thiazole rings is 1. The largest absolute Gasteiger partial charge is 0.508 e. The number of fused-ring (bicyclic) bond motifs is 4. The molecule has 2 bridgehead atoms. The summed E-state index contributed by atoms with van der Waals surface area (Å²) in [6, 6.07) is 14.9. The Hall–Kier alpha value is -7.09. The van der Waals surface area contributed by atoms with Crippen molar-refractivity contribution in [3.63, 3.8) is 0 Å². The van der Waals surface area contributed by atoms with Crippen LogP contribution in [0.3, 0.4) is 0 Å². The lowest BCUT2D eigenvalue weighted by atomic mass is 9.91. The molecule has 0 aliphatic carbocycles. The molecule has 0 radical (unpaired) electrons. The van der Waals surface area contributed by atoms with Crippen LogP contribution < -0.4 is 25.0 Å². The number of pyridine rings is 1. The highest BCUT2D eigenvalue weighted by molar-refractivity contribution is 7.13. The van der Waals surface area contributed by atoms with Crippen LogP contribution in [0, 0.1) is 41.9 Å². The molecule has 2 amide bonds. The molecule has 17 nitrogen and oxygen atoms in total. The quantitative estimate of drug-likeness (QED) is 0.0439. The molecule has 8 heterocycles. The van der Waals surface area contributed by atoms with Crippen molar-refractivity contribution in [1.82, 2.24) is 45.5 Å². The Morgan fingerprint density at radius 2 is 1.61 bits per heavy atom. The molecular weight excluding hydrogens is 1150 g/mol. The predicted octanol–water partition coefficient (Wildman–Crippen LogP) is 11.5. The number of ether oxygens (including phenoxy) is 2. The number of benzene rings is 3. The zero-order chi connectivity index (χ0) is 62.3. The zero-order valence-corrected chi connectivity index (χ0v) is 53.9. The summed E-state index contributed by atoms with van der Waals surface area (Å²) in [4.78, 5) is 54.1. The number of aliphatic hydroxyl groups excluding tert-OH is 1. The number of likely N-dealkylation sites (tertiary alicyclic amines) is 2. The molecule has 4 saturated heterocycles. The minimum atomic E-state index is -2.32. The number of carbonyl (C=O) groups is 2. The van der Waals surface area contributed by atoms with E-state index >= 15 is 8.78 Å². The number of piperazine rings is 1. The van der Waals surface area contributed by atoms with Gasteiger partial charge in [-0.1, -0.05) is 91.6 Å². The van der Waals surface area contributed by atoms with Crippen molar-refractivity contribution in [2.75, 3.05) is 57.4 Å². The fourth-order valence-corrected chi connectivity index (χ4v) is 20.3. The summed E-state index contributed by atoms with van der Waals surface area (Å²) in [7, 11) is -2.32. The van der Waals surface area contributed by atoms with Crippen LogP contribution in [0.25, 0.3) is 43.4 Å². The number of anilines is 1. The molecular formula is C67H82F2N10O7SSi. The number of halogens is 2. The monoisotopic (exact) mass is 1240 g/mol. The minimum absolute atomic E-state index is 0.0142. The van der Waals surface area contributed by atoms with E-state index in [-0.39, 0.29) is 101 Å². The number of nitrogens with zero attached hydrogens (tertiary/aromatic N) is 8. The summed E-state index contributed by atoms with van der Waals surface area (Å²) in [6.45, 7) is 25.0. The van der Waals surface area contributed by atoms with Gasteiger partial charge in [-0.2, -0.15) is 9.97 Å². The zero-order valence-electron chi connectivity index (χ0n) is 52.1. The normalized spacial score (nSPS) is 20.0. The third kappa shape index (κ3) is 12.7. The van der Waals surface area contributed by atoms with Crippen molar-refractivity contribution in [2.45, 2.75) is 154 Å². The van der Waals surface area contributed by atoms with Crippen LogP contribution >= 0.6 is 11.3 Å². The van der Waals surface area contributed by atoms with Crippen LogP contribution in [0.1, 0.15) is 129 Å². The number of hydrogen-bond donors (Lipinski definition) is 4. The smallest absolute Gasteiger partial charge is 0.319 e. The molecule has 6 atom stereocenters. The van der Waals surface area contributed by atoms with Crippen molar-refractivity contribution in [3.8, 4) is 50.8 Å². The Morgan fingerprint density at radius 3 is 2.28 bits per heavy atom. The number of phenolic OH excluding ortho intramolecular Hbond substituents is 1. The van der Waals surface area contributed by atoms with Crippen molar-refractivity contribution in [2.24, 2.45) is 11.8 Å². The molecule has 4 aliphatic heterocycles. The van der Waals surface area contributed by atoms with Crippen LogP contribution in [-0.2, 0) is 9.59 Å². The Labute approximate surface area is 519 Å². The van der Waals surface area contributed by atoms with Gasteiger partial charge >= 0.3 is 6.01 Å². The maximum atomic E-state index is 17.7. The second-order valence-corrected chi connectivity index (χ2v) is 32.4. The number of aromatic nitrogens is 5. The van der Waals surface area contributed by atoms with E-state index in [4.69, 9.17) is 28.9 Å². The second kappa shape index (κ2) is 26.2. The molecule has 3 aromatic carbocycles. The van der Waals surface area contributed by atoms with Crippen LogP contribution in [0.5, 0.6) is 17.6 Å². The number of aliphatic hydroxyl groups is 1. The molecule has 4 aromatic heterocycles. The van der Waals surface area contributed by atoms with Gasteiger partial charge in [-0.15, -0.1) is 16.9 Å². The van der Waals surface area contributed by atoms with E-state index in [1.807, 2.05) is 57.5 Å². The highest BCUT2D eigenvalue weighted by atomic mass is 32.1. The third-order valence-corrected chi connectivity index (χ3v) is 26.2. The first-order chi connectivity index (χ1) is 42.2. The molecule has 7 aromatic rings. The van der Waals surface area contributed by atoms with Gasteiger partial charge in [0.05, 0.1) is 45.8 Å². The number of β-amino-alcohol motifs (C(OH)–C–C–N with tert-alkyl or cyclic N) is 1. The molecule has 21 heteroatoms. The van der Waals surface area contributed by atoms with Crippen molar-refractivity contribution >= 4 is 58.7 Å². The highest BCUT2D eigenvalue weighted by Gasteiger charge is 2.45. The molecule has 4 aliphatic rings. The summed E-state index contributed by atoms with van der Waals surface area (Å²) < 4.78 is 52.3. The van der Waals surface area contributed by atoms with E-state index in [9.17, 15) is 19.8 Å². The number of aryl methyl sites for hydroxylation is 1. The van der Waals surface area contributed by atoms with E-state index in [0.29, 0.717) is 70.6 Å². The number of nitrogens with one attached hydrogen (secondary N) is 2. The first-order valence-corrected chi connectivity index (χ1v) is 34.4. The van der Waals surface area contributed by atoms with Crippen molar-refractivity contribution < 1.29 is 42.6 Å². The summed E-state index contributed by atoms with van der Waals surface area (Å²) in [6.07, 6.45) is 4.58.